The lowest BCUT2D eigenvalue weighted by molar-refractivity contribution is -0.140. The van der Waals surface area contributed by atoms with Crippen LogP contribution >= 0.6 is 11.3 Å². The molecule has 0 spiro atoms. The Balaban J connectivity index is 1.42. The van der Waals surface area contributed by atoms with Gasteiger partial charge in [0.2, 0.25) is 11.8 Å². The quantitative estimate of drug-likeness (QED) is 0.226. The number of thiophene rings is 1. The first kappa shape index (κ1) is 27.9. The third kappa shape index (κ3) is 5.79. The smallest absolute Gasteiger partial charge is 0.455 e. The van der Waals surface area contributed by atoms with Gasteiger partial charge in [-0.1, -0.05) is 62.6 Å². The lowest BCUT2D eigenvalue weighted by atomic mass is 9.57. The molecule has 0 radical (unpaired) electrons. The molecule has 3 heterocycles. The molecular formula is C31H38BNO5S. The number of hydrogen-bond donors (Lipinski definition) is 2. The van der Waals surface area contributed by atoms with Crippen molar-refractivity contribution in [3.8, 4) is 5.75 Å². The summed E-state index contributed by atoms with van der Waals surface area (Å²) in [5.41, 5.74) is 4.70. The third-order valence-electron chi connectivity index (χ3n) is 8.49. The molecule has 8 heteroatoms. The minimum atomic E-state index is -0.958. The Kier molecular flexibility index (Phi) is 8.45. The molecule has 2 saturated heterocycles. The first-order valence-electron chi connectivity index (χ1n) is 14.2. The van der Waals surface area contributed by atoms with E-state index in [1.165, 1.54) is 16.0 Å². The van der Waals surface area contributed by atoms with Crippen LogP contribution in [-0.4, -0.2) is 40.1 Å². The van der Waals surface area contributed by atoms with Crippen molar-refractivity contribution >= 4 is 36.3 Å². The Morgan fingerprint density at radius 1 is 1.15 bits per heavy atom. The number of amides is 2. The van der Waals surface area contributed by atoms with Gasteiger partial charge in [0.15, 0.2) is 0 Å². The van der Waals surface area contributed by atoms with Crippen LogP contribution in [0.5, 0.6) is 5.75 Å². The highest BCUT2D eigenvalue weighted by molar-refractivity contribution is 7.09. The maximum Gasteiger partial charge on any atom is 0.455 e. The van der Waals surface area contributed by atoms with Crippen molar-refractivity contribution in [1.82, 2.24) is 4.90 Å². The van der Waals surface area contributed by atoms with Crippen LogP contribution in [0, 0.1) is 23.7 Å². The van der Waals surface area contributed by atoms with Gasteiger partial charge < -0.3 is 14.8 Å². The van der Waals surface area contributed by atoms with E-state index in [1.54, 1.807) is 23.5 Å². The van der Waals surface area contributed by atoms with Crippen molar-refractivity contribution in [2.75, 3.05) is 0 Å². The van der Waals surface area contributed by atoms with E-state index < -0.39 is 13.0 Å². The molecule has 2 aromatic rings. The Hall–Kier alpha value is -2.68. The number of fused-ring (bicyclic) bond motifs is 3. The maximum absolute atomic E-state index is 13.7. The van der Waals surface area contributed by atoms with E-state index in [-0.39, 0.29) is 41.4 Å². The van der Waals surface area contributed by atoms with Crippen LogP contribution in [-0.2, 0) is 20.8 Å². The van der Waals surface area contributed by atoms with Crippen LogP contribution in [0.4, 0.5) is 0 Å². The molecule has 5 rings (SSSR count). The minimum Gasteiger partial charge on any atom is -0.508 e. The summed E-state index contributed by atoms with van der Waals surface area (Å²) in [6.45, 7) is 6.79. The number of rotatable bonds is 9. The molecule has 2 aliphatic heterocycles. The van der Waals surface area contributed by atoms with Crippen molar-refractivity contribution in [3.63, 3.8) is 0 Å². The Bertz CT molecular complexity index is 1250. The lowest BCUT2D eigenvalue weighted by Crippen LogP contribution is -2.46. The second-order valence-corrected chi connectivity index (χ2v) is 12.5. The summed E-state index contributed by atoms with van der Waals surface area (Å²) in [4.78, 5) is 29.7. The minimum absolute atomic E-state index is 0.0739. The van der Waals surface area contributed by atoms with Crippen LogP contribution in [0.1, 0.15) is 63.3 Å². The number of carbonyl (C=O) groups is 2. The van der Waals surface area contributed by atoms with Gasteiger partial charge in [-0.15, -0.1) is 11.3 Å². The predicted octanol–water partition coefficient (Wildman–Crippen LogP) is 6.07. The van der Waals surface area contributed by atoms with Crippen LogP contribution in [0.2, 0.25) is 6.32 Å². The van der Waals surface area contributed by atoms with Crippen LogP contribution < -0.4 is 0 Å². The van der Waals surface area contributed by atoms with Crippen molar-refractivity contribution in [1.29, 1.82) is 0 Å². The number of allylic oxidation sites excluding steroid dienone is 2. The van der Waals surface area contributed by atoms with Gasteiger partial charge in [0.05, 0.1) is 24.5 Å². The highest BCUT2D eigenvalue weighted by Crippen LogP contribution is 2.52. The number of aromatic hydroxyl groups is 1. The molecule has 39 heavy (non-hydrogen) atoms. The fourth-order valence-electron chi connectivity index (χ4n) is 6.74. The highest BCUT2D eigenvalue weighted by atomic mass is 32.1. The van der Waals surface area contributed by atoms with Gasteiger partial charge in [0, 0.05) is 4.88 Å². The number of nitrogens with zero attached hydrogens (tertiary/aromatic N) is 1. The summed E-state index contributed by atoms with van der Waals surface area (Å²) in [6.07, 6.45) is 6.30. The molecule has 2 fully saturated rings. The highest BCUT2D eigenvalue weighted by Gasteiger charge is 2.57. The Morgan fingerprint density at radius 3 is 2.59 bits per heavy atom. The average Bonchev–Trinajstić information content (AvgIpc) is 3.50. The van der Waals surface area contributed by atoms with E-state index in [2.05, 4.69) is 26.8 Å². The van der Waals surface area contributed by atoms with E-state index in [1.807, 2.05) is 29.6 Å². The fraction of sp³-hybridized carbons (Fsp3) is 0.484. The number of imide groups is 1. The normalized spacial score (nSPS) is 25.5. The summed E-state index contributed by atoms with van der Waals surface area (Å²) < 4.78 is 6.18. The van der Waals surface area contributed by atoms with Gasteiger partial charge in [-0.25, -0.2) is 0 Å². The summed E-state index contributed by atoms with van der Waals surface area (Å²) in [5, 5.41) is 22.4. The fourth-order valence-corrected chi connectivity index (χ4v) is 7.44. The largest absolute Gasteiger partial charge is 0.508 e. The molecule has 2 amide bonds. The van der Waals surface area contributed by atoms with Crippen molar-refractivity contribution in [3.05, 3.63) is 68.9 Å². The van der Waals surface area contributed by atoms with Crippen LogP contribution in [0.3, 0.4) is 0 Å². The van der Waals surface area contributed by atoms with Gasteiger partial charge in [0.25, 0.3) is 0 Å². The number of phenols is 1. The van der Waals surface area contributed by atoms with Crippen LogP contribution in [0.15, 0.2) is 58.5 Å². The van der Waals surface area contributed by atoms with Crippen molar-refractivity contribution in [2.24, 2.45) is 23.7 Å². The molecule has 206 valence electrons. The maximum atomic E-state index is 13.7. The number of benzene rings is 1. The van der Waals surface area contributed by atoms with Crippen LogP contribution in [0.25, 0.3) is 6.08 Å². The first-order valence-corrected chi connectivity index (χ1v) is 15.1. The molecule has 0 saturated carbocycles. The standard InChI is InChI=1S/C31H38BNO5S/c1-4-6-20(15-21-8-11-22(34)12-9-21)10-13-27-28-24(19(2)3)16-25-29(26(28)17-32(37)38-27)31(36)33(30(25)35)18-23-7-5-14-39-23/h5,7-9,11-12,14-15,19,25-27,29,34,37H,4,6,10,13,16-18H2,1-3H3/b20-15+/t25-,26+,27-,29-/m1/s1. The van der Waals surface area contributed by atoms with E-state index >= 15 is 0 Å². The van der Waals surface area contributed by atoms with E-state index in [0.717, 1.165) is 35.3 Å². The number of carbonyl (C=O) groups excluding carboxylic acids is 2. The number of hydrogen-bond acceptors (Lipinski definition) is 6. The van der Waals surface area contributed by atoms with Gasteiger partial charge in [-0.05, 0) is 78.6 Å². The van der Waals surface area contributed by atoms with E-state index in [0.29, 0.717) is 25.7 Å². The summed E-state index contributed by atoms with van der Waals surface area (Å²) in [6, 6.07) is 11.1. The first-order chi connectivity index (χ1) is 18.8. The van der Waals surface area contributed by atoms with Gasteiger partial charge >= 0.3 is 7.12 Å². The number of likely N-dealkylation sites (tertiary alicyclic amines) is 1. The molecule has 2 N–H and O–H groups in total. The third-order valence-corrected chi connectivity index (χ3v) is 9.35. The predicted molar refractivity (Wildman–Crippen MR) is 155 cm³/mol. The molecule has 6 nitrogen and oxygen atoms in total. The van der Waals surface area contributed by atoms with E-state index in [9.17, 15) is 19.7 Å². The molecule has 1 aliphatic carbocycles. The van der Waals surface area contributed by atoms with Gasteiger partial charge in [-0.2, -0.15) is 0 Å². The molecular weight excluding hydrogens is 509 g/mol. The average molecular weight is 548 g/mol. The summed E-state index contributed by atoms with van der Waals surface area (Å²) in [5.74, 6) is -0.682. The second kappa shape index (κ2) is 11.8. The molecule has 1 aromatic carbocycles. The lowest BCUT2D eigenvalue weighted by Gasteiger charge is -2.44. The van der Waals surface area contributed by atoms with Crippen molar-refractivity contribution < 1.29 is 24.4 Å². The van der Waals surface area contributed by atoms with Crippen molar-refractivity contribution in [2.45, 2.75) is 71.8 Å². The van der Waals surface area contributed by atoms with Gasteiger partial charge in [0.1, 0.15) is 5.75 Å². The molecule has 1 aromatic heterocycles. The summed E-state index contributed by atoms with van der Waals surface area (Å²) >= 11 is 1.56. The SMILES string of the molecule is CCC/C(=C\c1ccc(O)cc1)CC[C@H]1OB(O)C[C@H]2C1=C(C(C)C)C[C@H]1C(=O)N(Cc3cccs3)C(=O)[C@H]12. The zero-order valence-corrected chi connectivity index (χ0v) is 23.8. The second-order valence-electron chi connectivity index (χ2n) is 11.4. The zero-order chi connectivity index (χ0) is 27.7. The molecule has 0 bridgehead atoms. The Morgan fingerprint density at radius 2 is 1.92 bits per heavy atom. The molecule has 4 atom stereocenters. The van der Waals surface area contributed by atoms with E-state index in [4.69, 9.17) is 4.65 Å². The van der Waals surface area contributed by atoms with Gasteiger partial charge in [-0.3, -0.25) is 14.5 Å². The number of phenolic OH excluding ortho intramolecular Hbond substituents is 1. The summed E-state index contributed by atoms with van der Waals surface area (Å²) in [7, 11) is -0.958. The Labute approximate surface area is 235 Å². The zero-order valence-electron chi connectivity index (χ0n) is 23.0. The topological polar surface area (TPSA) is 87.1 Å². The monoisotopic (exact) mass is 547 g/mol. The molecule has 0 unspecified atom stereocenters. The molecule has 3 aliphatic rings.